The Hall–Kier alpha value is -0.480. The molecule has 2 N–H and O–H groups in total. The van der Waals surface area contributed by atoms with Crippen LogP contribution in [0.4, 0.5) is 4.79 Å². The molecule has 0 aromatic carbocycles. The predicted octanol–water partition coefficient (Wildman–Crippen LogP) is 1.83. The lowest BCUT2D eigenvalue weighted by molar-refractivity contribution is 0.0497. The molecule has 0 aromatic rings. The number of hydrogen-bond acceptors (Lipinski definition) is 3. The molecule has 0 aliphatic carbocycles. The fourth-order valence-corrected chi connectivity index (χ4v) is 2.44. The lowest BCUT2D eigenvalue weighted by Gasteiger charge is -2.25. The van der Waals surface area contributed by atoms with E-state index in [0.717, 1.165) is 6.42 Å². The molecule has 3 atom stereocenters. The number of carbonyl (C=O) groups excluding carboxylic acids is 1. The summed E-state index contributed by atoms with van der Waals surface area (Å²) in [6.07, 6.45) is 3.17. The van der Waals surface area contributed by atoms with Gasteiger partial charge in [-0.2, -0.15) is 0 Å². The molecule has 0 radical (unpaired) electrons. The van der Waals surface area contributed by atoms with Crippen molar-refractivity contribution in [2.45, 2.75) is 63.8 Å². The van der Waals surface area contributed by atoms with Gasteiger partial charge in [0.15, 0.2) is 0 Å². The van der Waals surface area contributed by atoms with Crippen LogP contribution < -0.4 is 10.6 Å². The van der Waals surface area contributed by atoms with Crippen LogP contribution in [0.15, 0.2) is 0 Å². The highest BCUT2D eigenvalue weighted by Crippen LogP contribution is 2.28. The Labute approximate surface area is 103 Å². The second-order valence-electron chi connectivity index (χ2n) is 5.54. The third-order valence-corrected chi connectivity index (χ3v) is 3.00. The van der Waals surface area contributed by atoms with Gasteiger partial charge in [0.2, 0.25) is 0 Å². The average Bonchev–Trinajstić information content (AvgIpc) is 2.60. The van der Waals surface area contributed by atoms with Crippen molar-refractivity contribution in [2.75, 3.05) is 0 Å². The first-order chi connectivity index (χ1) is 6.94. The molecule has 94 valence electrons. The standard InChI is InChI=1S/C11H20N2O2.ClH/c1-11(2,3)15-10(14)13-9-6-7-4-5-8(9)12-7;/h7-9,12H,4-6H2,1-3H3,(H,13,14);1H/t7-,8+,9-;/m1./s1. The molecule has 0 saturated carbocycles. The number of nitrogens with one attached hydrogen (secondary N) is 2. The summed E-state index contributed by atoms with van der Waals surface area (Å²) in [4.78, 5) is 11.5. The van der Waals surface area contributed by atoms with Gasteiger partial charge in [0.05, 0.1) is 0 Å². The Bertz CT molecular complexity index is 265. The molecule has 2 aliphatic rings. The van der Waals surface area contributed by atoms with E-state index < -0.39 is 5.60 Å². The van der Waals surface area contributed by atoms with E-state index in [0.29, 0.717) is 12.1 Å². The van der Waals surface area contributed by atoms with Gasteiger partial charge in [-0.3, -0.25) is 0 Å². The summed E-state index contributed by atoms with van der Waals surface area (Å²) in [6, 6.07) is 1.33. The second kappa shape index (κ2) is 4.80. The fourth-order valence-electron chi connectivity index (χ4n) is 2.44. The lowest BCUT2D eigenvalue weighted by atomic mass is 9.96. The van der Waals surface area contributed by atoms with Gasteiger partial charge in [-0.25, -0.2) is 4.79 Å². The van der Waals surface area contributed by atoms with E-state index in [1.807, 2.05) is 20.8 Å². The molecular formula is C11H21ClN2O2. The summed E-state index contributed by atoms with van der Waals surface area (Å²) in [7, 11) is 0. The van der Waals surface area contributed by atoms with Crippen molar-refractivity contribution in [1.82, 2.24) is 10.6 Å². The van der Waals surface area contributed by atoms with Crippen LogP contribution >= 0.6 is 12.4 Å². The summed E-state index contributed by atoms with van der Waals surface area (Å²) < 4.78 is 5.23. The van der Waals surface area contributed by atoms with E-state index in [-0.39, 0.29) is 24.5 Å². The Kier molecular flexibility index (Phi) is 4.07. The summed E-state index contributed by atoms with van der Waals surface area (Å²) in [5, 5.41) is 6.42. The highest BCUT2D eigenvalue weighted by molar-refractivity contribution is 5.85. The van der Waals surface area contributed by atoms with Crippen molar-refractivity contribution in [3.8, 4) is 0 Å². The van der Waals surface area contributed by atoms with Crippen LogP contribution in [0, 0.1) is 0 Å². The maximum Gasteiger partial charge on any atom is 0.407 e. The third kappa shape index (κ3) is 3.25. The van der Waals surface area contributed by atoms with Gasteiger partial charge in [0.25, 0.3) is 0 Å². The number of ether oxygens (including phenoxy) is 1. The van der Waals surface area contributed by atoms with E-state index in [2.05, 4.69) is 10.6 Å². The van der Waals surface area contributed by atoms with Crippen LogP contribution in [0.3, 0.4) is 0 Å². The summed E-state index contributed by atoms with van der Waals surface area (Å²) in [6.45, 7) is 5.64. The van der Waals surface area contributed by atoms with Gasteiger partial charge in [0, 0.05) is 18.1 Å². The molecule has 0 aromatic heterocycles. The topological polar surface area (TPSA) is 50.4 Å². The number of fused-ring (bicyclic) bond motifs is 2. The minimum Gasteiger partial charge on any atom is -0.444 e. The number of amides is 1. The van der Waals surface area contributed by atoms with Gasteiger partial charge >= 0.3 is 6.09 Å². The second-order valence-corrected chi connectivity index (χ2v) is 5.54. The molecule has 2 fully saturated rings. The van der Waals surface area contributed by atoms with Gasteiger partial charge in [-0.15, -0.1) is 12.4 Å². The summed E-state index contributed by atoms with van der Waals surface area (Å²) in [5.41, 5.74) is -0.408. The molecule has 16 heavy (non-hydrogen) atoms. The maximum atomic E-state index is 11.5. The zero-order chi connectivity index (χ0) is 11.1. The van der Waals surface area contributed by atoms with Gasteiger partial charge in [-0.1, -0.05) is 0 Å². The van der Waals surface area contributed by atoms with E-state index in [4.69, 9.17) is 4.74 Å². The number of halogens is 1. The fraction of sp³-hybridized carbons (Fsp3) is 0.909. The summed E-state index contributed by atoms with van der Waals surface area (Å²) in [5.74, 6) is 0. The minimum absolute atomic E-state index is 0. The van der Waals surface area contributed by atoms with Crippen molar-refractivity contribution >= 4 is 18.5 Å². The normalized spacial score (nSPS) is 32.1. The number of carbonyl (C=O) groups is 1. The average molecular weight is 249 g/mol. The molecule has 2 bridgehead atoms. The van der Waals surface area contributed by atoms with E-state index in [1.165, 1.54) is 12.8 Å². The van der Waals surface area contributed by atoms with Crippen LogP contribution in [0.1, 0.15) is 40.0 Å². The highest BCUT2D eigenvalue weighted by atomic mass is 35.5. The zero-order valence-corrected chi connectivity index (χ0v) is 10.9. The first-order valence-corrected chi connectivity index (χ1v) is 5.69. The number of hydrogen-bond donors (Lipinski definition) is 2. The molecular weight excluding hydrogens is 228 g/mol. The van der Waals surface area contributed by atoms with Crippen molar-refractivity contribution in [3.63, 3.8) is 0 Å². The quantitative estimate of drug-likeness (QED) is 0.744. The molecule has 0 spiro atoms. The first kappa shape index (κ1) is 13.6. The van der Waals surface area contributed by atoms with Crippen molar-refractivity contribution in [2.24, 2.45) is 0 Å². The molecule has 2 saturated heterocycles. The molecule has 4 nitrogen and oxygen atoms in total. The van der Waals surface area contributed by atoms with Crippen LogP contribution in [0.25, 0.3) is 0 Å². The van der Waals surface area contributed by atoms with Crippen molar-refractivity contribution < 1.29 is 9.53 Å². The van der Waals surface area contributed by atoms with Crippen LogP contribution in [-0.4, -0.2) is 29.8 Å². The van der Waals surface area contributed by atoms with Gasteiger partial charge in [-0.05, 0) is 40.0 Å². The van der Waals surface area contributed by atoms with Crippen molar-refractivity contribution in [3.05, 3.63) is 0 Å². The molecule has 0 unspecified atom stereocenters. The Balaban J connectivity index is 0.00000128. The smallest absolute Gasteiger partial charge is 0.407 e. The molecule has 2 rings (SSSR count). The number of rotatable bonds is 1. The molecule has 2 aliphatic heterocycles. The van der Waals surface area contributed by atoms with Gasteiger partial charge < -0.3 is 15.4 Å². The summed E-state index contributed by atoms with van der Waals surface area (Å²) >= 11 is 0. The maximum absolute atomic E-state index is 11.5. The Morgan fingerprint density at radius 2 is 2.06 bits per heavy atom. The highest BCUT2D eigenvalue weighted by Gasteiger charge is 2.40. The van der Waals surface area contributed by atoms with Crippen LogP contribution in [-0.2, 0) is 4.74 Å². The molecule has 1 amide bonds. The Morgan fingerprint density at radius 3 is 2.50 bits per heavy atom. The van der Waals surface area contributed by atoms with Crippen LogP contribution in [0.2, 0.25) is 0 Å². The van der Waals surface area contributed by atoms with Gasteiger partial charge in [0.1, 0.15) is 5.60 Å². The third-order valence-electron chi connectivity index (χ3n) is 3.00. The lowest BCUT2D eigenvalue weighted by Crippen LogP contribution is -2.45. The zero-order valence-electron chi connectivity index (χ0n) is 10.1. The SMILES string of the molecule is CC(C)(C)OC(=O)N[C@@H]1C[C@H]2CC[C@@H]1N2.Cl. The minimum atomic E-state index is -0.408. The molecule has 2 heterocycles. The monoisotopic (exact) mass is 248 g/mol. The van der Waals surface area contributed by atoms with Crippen molar-refractivity contribution in [1.29, 1.82) is 0 Å². The van der Waals surface area contributed by atoms with Crippen LogP contribution in [0.5, 0.6) is 0 Å². The van der Waals surface area contributed by atoms with E-state index in [1.54, 1.807) is 0 Å². The largest absolute Gasteiger partial charge is 0.444 e. The number of alkyl carbamates (subject to hydrolysis) is 1. The van der Waals surface area contributed by atoms with E-state index in [9.17, 15) is 4.79 Å². The molecule has 5 heteroatoms. The Morgan fingerprint density at radius 1 is 1.38 bits per heavy atom. The van der Waals surface area contributed by atoms with E-state index >= 15 is 0 Å². The predicted molar refractivity (Wildman–Crippen MR) is 65.0 cm³/mol. The first-order valence-electron chi connectivity index (χ1n) is 5.69.